The van der Waals surface area contributed by atoms with E-state index in [1.165, 1.54) is 0 Å². The Morgan fingerprint density at radius 2 is 1.86 bits per heavy atom. The Kier molecular flexibility index (Phi) is 7.32. The van der Waals surface area contributed by atoms with Gasteiger partial charge in [0.25, 0.3) is 0 Å². The summed E-state index contributed by atoms with van der Waals surface area (Å²) in [5.74, 6) is 0.501. The van der Waals surface area contributed by atoms with Crippen molar-refractivity contribution in [1.29, 1.82) is 0 Å². The molecule has 0 spiro atoms. The number of carboxylic acids is 1. The van der Waals surface area contributed by atoms with Gasteiger partial charge in [-0.25, -0.2) is 14.8 Å². The fourth-order valence-electron chi connectivity index (χ4n) is 2.77. The maximum atomic E-state index is 11.2. The molecule has 0 aliphatic heterocycles. The van der Waals surface area contributed by atoms with Crippen LogP contribution in [0.5, 0.6) is 5.75 Å². The van der Waals surface area contributed by atoms with Crippen molar-refractivity contribution in [2.24, 2.45) is 0 Å². The second-order valence-corrected chi connectivity index (χ2v) is 7.48. The highest BCUT2D eigenvalue weighted by atomic mass is 32.1. The highest BCUT2D eigenvalue weighted by Crippen LogP contribution is 2.24. The van der Waals surface area contributed by atoms with E-state index in [0.29, 0.717) is 19.6 Å². The molecule has 0 radical (unpaired) electrons. The van der Waals surface area contributed by atoms with Crippen molar-refractivity contribution >= 4 is 17.3 Å². The third-order valence-corrected chi connectivity index (χ3v) is 5.30. The Morgan fingerprint density at radius 3 is 2.48 bits per heavy atom. The number of aliphatic carboxylic acids is 1. The summed E-state index contributed by atoms with van der Waals surface area (Å²) in [4.78, 5) is 21.1. The average molecular weight is 413 g/mol. The molecule has 1 N–H and O–H groups in total. The molecule has 1 unspecified atom stereocenters. The number of nitrogens with zero attached hydrogens (tertiary/aromatic N) is 2. The zero-order valence-electron chi connectivity index (χ0n) is 16.5. The van der Waals surface area contributed by atoms with E-state index in [9.17, 15) is 9.90 Å². The Bertz CT molecular complexity index is 923. The first-order valence-corrected chi connectivity index (χ1v) is 10.4. The van der Waals surface area contributed by atoms with E-state index >= 15 is 0 Å². The monoisotopic (exact) mass is 412 g/mol. The molecule has 3 rings (SSSR count). The summed E-state index contributed by atoms with van der Waals surface area (Å²) in [5.41, 5.74) is 3.00. The molecular formula is C22H24N2O4S. The van der Waals surface area contributed by atoms with Crippen LogP contribution in [0.3, 0.4) is 0 Å². The van der Waals surface area contributed by atoms with Gasteiger partial charge in [-0.05, 0) is 42.7 Å². The molecule has 0 saturated carbocycles. The maximum Gasteiger partial charge on any atom is 0.333 e. The van der Waals surface area contributed by atoms with E-state index in [0.717, 1.165) is 39.6 Å². The maximum absolute atomic E-state index is 11.2. The zero-order valence-corrected chi connectivity index (χ0v) is 17.3. The number of aryl methyl sites for hydroxylation is 1. The summed E-state index contributed by atoms with van der Waals surface area (Å²) in [6.45, 7) is 4.69. The predicted molar refractivity (Wildman–Crippen MR) is 112 cm³/mol. The predicted octanol–water partition coefficient (Wildman–Crippen LogP) is 4.38. The van der Waals surface area contributed by atoms with Gasteiger partial charge in [-0.3, -0.25) is 0 Å². The Labute approximate surface area is 174 Å². The molecule has 0 aliphatic carbocycles. The van der Waals surface area contributed by atoms with E-state index < -0.39 is 12.1 Å². The van der Waals surface area contributed by atoms with Crippen LogP contribution in [0.25, 0.3) is 11.4 Å². The lowest BCUT2D eigenvalue weighted by Gasteiger charge is -2.12. The molecule has 0 bridgehead atoms. The lowest BCUT2D eigenvalue weighted by atomic mass is 10.1. The van der Waals surface area contributed by atoms with Gasteiger partial charge in [0, 0.05) is 41.2 Å². The molecule has 152 valence electrons. The second kappa shape index (κ2) is 10.1. The van der Waals surface area contributed by atoms with Crippen LogP contribution < -0.4 is 4.74 Å². The van der Waals surface area contributed by atoms with Crippen molar-refractivity contribution in [3.05, 3.63) is 64.1 Å². The highest BCUT2D eigenvalue weighted by molar-refractivity contribution is 7.10. The molecule has 3 aromatic rings. The lowest BCUT2D eigenvalue weighted by molar-refractivity contribution is -0.149. The number of benzene rings is 1. The van der Waals surface area contributed by atoms with E-state index in [-0.39, 0.29) is 0 Å². The normalized spacial score (nSPS) is 11.9. The second-order valence-electron chi connectivity index (χ2n) is 6.49. The molecule has 0 amide bonds. The number of carboxylic acid groups (broad SMARTS) is 1. The fourth-order valence-corrected chi connectivity index (χ4v) is 3.54. The van der Waals surface area contributed by atoms with Gasteiger partial charge in [-0.1, -0.05) is 19.1 Å². The van der Waals surface area contributed by atoms with Crippen molar-refractivity contribution in [2.75, 3.05) is 6.61 Å². The van der Waals surface area contributed by atoms with Crippen LogP contribution in [-0.2, 0) is 29.0 Å². The third-order valence-electron chi connectivity index (χ3n) is 4.39. The average Bonchev–Trinajstić information content (AvgIpc) is 3.22. The largest absolute Gasteiger partial charge is 0.488 e. The van der Waals surface area contributed by atoms with Crippen LogP contribution in [0.4, 0.5) is 0 Å². The highest BCUT2D eigenvalue weighted by Gasteiger charge is 2.17. The molecule has 6 nitrogen and oxygen atoms in total. The summed E-state index contributed by atoms with van der Waals surface area (Å²) in [6, 6.07) is 9.47. The molecule has 2 heterocycles. The quantitative estimate of drug-likeness (QED) is 0.532. The summed E-state index contributed by atoms with van der Waals surface area (Å²) < 4.78 is 11.1. The smallest absolute Gasteiger partial charge is 0.333 e. The molecule has 0 saturated heterocycles. The van der Waals surface area contributed by atoms with Crippen LogP contribution in [0.1, 0.15) is 29.9 Å². The third kappa shape index (κ3) is 5.85. The Morgan fingerprint density at radius 1 is 1.14 bits per heavy atom. The van der Waals surface area contributed by atoms with Gasteiger partial charge in [0.2, 0.25) is 0 Å². The molecular weight excluding hydrogens is 388 g/mol. The standard InChI is InChI=1S/C22H24N2O4S/c1-3-15-11-23-21(24-12-15)17-10-19(29-14-17)13-28-18-7-5-16(6-8-18)9-20(22(25)26)27-4-2/h5-8,10-12,14,20H,3-4,9,13H2,1-2H3,(H,25,26). The zero-order chi connectivity index (χ0) is 20.6. The van der Waals surface area contributed by atoms with Gasteiger partial charge in [0.15, 0.2) is 11.9 Å². The van der Waals surface area contributed by atoms with E-state index in [1.54, 1.807) is 18.3 Å². The first-order valence-electron chi connectivity index (χ1n) is 9.53. The van der Waals surface area contributed by atoms with Crippen LogP contribution in [-0.4, -0.2) is 33.8 Å². The van der Waals surface area contributed by atoms with E-state index in [2.05, 4.69) is 16.9 Å². The molecule has 29 heavy (non-hydrogen) atoms. The topological polar surface area (TPSA) is 81.5 Å². The molecule has 2 aromatic heterocycles. The first kappa shape index (κ1) is 21.0. The minimum absolute atomic E-state index is 0.328. The number of aromatic nitrogens is 2. The van der Waals surface area contributed by atoms with Crippen molar-refractivity contribution < 1.29 is 19.4 Å². The molecule has 7 heteroatoms. The minimum atomic E-state index is -0.950. The number of carbonyl (C=O) groups is 1. The van der Waals surface area contributed by atoms with Crippen LogP contribution in [0, 0.1) is 0 Å². The number of thiophene rings is 1. The van der Waals surface area contributed by atoms with Gasteiger partial charge in [-0.2, -0.15) is 0 Å². The number of hydrogen-bond acceptors (Lipinski definition) is 6. The van der Waals surface area contributed by atoms with Crippen molar-refractivity contribution in [3.63, 3.8) is 0 Å². The van der Waals surface area contributed by atoms with Crippen LogP contribution in [0.15, 0.2) is 48.1 Å². The van der Waals surface area contributed by atoms with Gasteiger partial charge < -0.3 is 14.6 Å². The molecule has 0 fully saturated rings. The Balaban J connectivity index is 1.56. The van der Waals surface area contributed by atoms with E-state index in [1.807, 2.05) is 48.1 Å². The van der Waals surface area contributed by atoms with Crippen LogP contribution >= 0.6 is 11.3 Å². The van der Waals surface area contributed by atoms with Crippen molar-refractivity contribution in [2.45, 2.75) is 39.4 Å². The van der Waals surface area contributed by atoms with Gasteiger partial charge in [0.1, 0.15) is 12.4 Å². The number of rotatable bonds is 10. The van der Waals surface area contributed by atoms with Gasteiger partial charge in [-0.15, -0.1) is 11.3 Å². The lowest BCUT2D eigenvalue weighted by Crippen LogP contribution is -2.26. The first-order chi connectivity index (χ1) is 14.1. The van der Waals surface area contributed by atoms with Gasteiger partial charge >= 0.3 is 5.97 Å². The fraction of sp³-hybridized carbons (Fsp3) is 0.318. The van der Waals surface area contributed by atoms with Crippen LogP contribution in [0.2, 0.25) is 0 Å². The summed E-state index contributed by atoms with van der Waals surface area (Å²) in [6.07, 6.45) is 4.14. The molecule has 0 aliphatic rings. The van der Waals surface area contributed by atoms with Crippen molar-refractivity contribution in [1.82, 2.24) is 9.97 Å². The summed E-state index contributed by atoms with van der Waals surface area (Å²) in [7, 11) is 0. The van der Waals surface area contributed by atoms with E-state index in [4.69, 9.17) is 9.47 Å². The SMILES string of the molecule is CCOC(Cc1ccc(OCc2cc(-c3ncc(CC)cn3)cs2)cc1)C(=O)O. The Hall–Kier alpha value is -2.77. The molecule has 1 aromatic carbocycles. The number of ether oxygens (including phenoxy) is 2. The number of hydrogen-bond donors (Lipinski definition) is 1. The minimum Gasteiger partial charge on any atom is -0.488 e. The summed E-state index contributed by atoms with van der Waals surface area (Å²) in [5, 5.41) is 11.2. The molecule has 1 atom stereocenters. The van der Waals surface area contributed by atoms with Gasteiger partial charge in [0.05, 0.1) is 0 Å². The summed E-state index contributed by atoms with van der Waals surface area (Å²) >= 11 is 1.61. The van der Waals surface area contributed by atoms with Crippen molar-refractivity contribution in [3.8, 4) is 17.1 Å².